The summed E-state index contributed by atoms with van der Waals surface area (Å²) in [4.78, 5) is 0. The molecule has 0 saturated heterocycles. The van der Waals surface area contributed by atoms with E-state index in [0.717, 1.165) is 36.3 Å². The first-order valence-corrected chi connectivity index (χ1v) is 9.20. The van der Waals surface area contributed by atoms with Gasteiger partial charge in [0.1, 0.15) is 11.5 Å². The van der Waals surface area contributed by atoms with E-state index in [4.69, 9.17) is 4.74 Å². The van der Waals surface area contributed by atoms with Crippen molar-refractivity contribution in [1.82, 2.24) is 0 Å². The van der Waals surface area contributed by atoms with Crippen molar-refractivity contribution in [3.63, 3.8) is 0 Å². The van der Waals surface area contributed by atoms with Gasteiger partial charge in [-0.2, -0.15) is 0 Å². The van der Waals surface area contributed by atoms with Crippen LogP contribution < -0.4 is 4.74 Å². The van der Waals surface area contributed by atoms with Crippen LogP contribution in [0.2, 0.25) is 0 Å². The van der Waals surface area contributed by atoms with Crippen LogP contribution in [0.4, 0.5) is 0 Å². The van der Waals surface area contributed by atoms with Gasteiger partial charge in [0.15, 0.2) is 0 Å². The van der Waals surface area contributed by atoms with Crippen molar-refractivity contribution < 1.29 is 9.84 Å². The third kappa shape index (κ3) is 4.96. The molecule has 0 bridgehead atoms. The Morgan fingerprint density at radius 2 is 1.84 bits per heavy atom. The third-order valence-electron chi connectivity index (χ3n) is 4.91. The number of ether oxygens (including phenoxy) is 1. The van der Waals surface area contributed by atoms with Crippen LogP contribution in [0.25, 0.3) is 6.08 Å². The zero-order chi connectivity index (χ0) is 18.2. The smallest absolute Gasteiger partial charge is 0.137 e. The second-order valence-electron chi connectivity index (χ2n) is 6.79. The number of benzene rings is 2. The van der Waals surface area contributed by atoms with Crippen LogP contribution in [-0.2, 0) is 0 Å². The summed E-state index contributed by atoms with van der Waals surface area (Å²) in [7, 11) is 0. The maximum absolute atomic E-state index is 9.29. The highest BCUT2D eigenvalue weighted by molar-refractivity contribution is 5.61. The molecule has 1 N–H and O–H groups in total. The minimum absolute atomic E-state index is 0.257. The molecule has 0 aliphatic carbocycles. The molecule has 0 unspecified atom stereocenters. The fraction of sp³-hybridized carbons (Fsp3) is 0.391. The van der Waals surface area contributed by atoms with Crippen molar-refractivity contribution in [2.24, 2.45) is 5.92 Å². The first kappa shape index (κ1) is 19.3. The molecule has 2 aromatic carbocycles. The minimum Gasteiger partial charge on any atom is -0.456 e. The number of aliphatic hydroxyl groups is 1. The van der Waals surface area contributed by atoms with Crippen molar-refractivity contribution >= 4 is 6.08 Å². The van der Waals surface area contributed by atoms with Gasteiger partial charge in [-0.05, 0) is 61.3 Å². The number of rotatable bonds is 9. The van der Waals surface area contributed by atoms with Gasteiger partial charge in [0.25, 0.3) is 0 Å². The lowest BCUT2D eigenvalue weighted by Crippen LogP contribution is -2.07. The predicted molar refractivity (Wildman–Crippen MR) is 106 cm³/mol. The molecular weight excluding hydrogens is 308 g/mol. The van der Waals surface area contributed by atoms with Gasteiger partial charge >= 0.3 is 0 Å². The van der Waals surface area contributed by atoms with E-state index in [9.17, 15) is 5.11 Å². The molecule has 2 heteroatoms. The van der Waals surface area contributed by atoms with Crippen LogP contribution in [-0.4, -0.2) is 11.7 Å². The molecule has 25 heavy (non-hydrogen) atoms. The standard InChI is InChI=1S/C23H30O2/c1-5-19(13-12-17(3)16-24)22-15-14-20(6-2)23(18(22)4)25-21-10-8-7-9-11-21/h6-11,14-15,17,19,24H,2,5,12-13,16H2,1,3-4H3/t17-,19-/m0/s1. The molecular formula is C23H30O2. The molecule has 0 aliphatic rings. The van der Waals surface area contributed by atoms with E-state index in [0.29, 0.717) is 11.8 Å². The molecule has 0 radical (unpaired) electrons. The minimum atomic E-state index is 0.257. The molecule has 0 saturated carbocycles. The highest BCUT2D eigenvalue weighted by Crippen LogP contribution is 2.37. The number of hydrogen-bond donors (Lipinski definition) is 1. The van der Waals surface area contributed by atoms with E-state index < -0.39 is 0 Å². The first-order chi connectivity index (χ1) is 12.1. The third-order valence-corrected chi connectivity index (χ3v) is 4.91. The Balaban J connectivity index is 2.32. The van der Waals surface area contributed by atoms with Gasteiger partial charge in [0.2, 0.25) is 0 Å². The van der Waals surface area contributed by atoms with Crippen molar-refractivity contribution in [3.05, 3.63) is 65.7 Å². The Morgan fingerprint density at radius 3 is 2.44 bits per heavy atom. The molecule has 0 aromatic heterocycles. The van der Waals surface area contributed by atoms with E-state index in [2.05, 4.69) is 39.5 Å². The second kappa shape index (κ2) is 9.43. The Labute approximate surface area is 152 Å². The van der Waals surface area contributed by atoms with Crippen molar-refractivity contribution in [2.45, 2.75) is 46.0 Å². The average molecular weight is 338 g/mol. The Bertz CT molecular complexity index is 676. The molecule has 2 rings (SSSR count). The Hall–Kier alpha value is -2.06. The fourth-order valence-electron chi connectivity index (χ4n) is 3.23. The van der Waals surface area contributed by atoms with Crippen LogP contribution in [0, 0.1) is 12.8 Å². The summed E-state index contributed by atoms with van der Waals surface area (Å²) in [5.74, 6) is 2.56. The summed E-state index contributed by atoms with van der Waals surface area (Å²) >= 11 is 0. The lowest BCUT2D eigenvalue weighted by molar-refractivity contribution is 0.225. The number of hydrogen-bond acceptors (Lipinski definition) is 2. The second-order valence-corrected chi connectivity index (χ2v) is 6.79. The molecule has 134 valence electrons. The SMILES string of the molecule is C=Cc1ccc([C@@H](CC)CC[C@H](C)CO)c(C)c1Oc1ccccc1. The topological polar surface area (TPSA) is 29.5 Å². The molecule has 2 atom stereocenters. The van der Waals surface area contributed by atoms with E-state index >= 15 is 0 Å². The molecule has 0 heterocycles. The predicted octanol–water partition coefficient (Wildman–Crippen LogP) is 6.33. The molecule has 2 aromatic rings. The fourth-order valence-corrected chi connectivity index (χ4v) is 3.23. The van der Waals surface area contributed by atoms with Gasteiger partial charge in [0, 0.05) is 12.2 Å². The quantitative estimate of drug-likeness (QED) is 0.578. The van der Waals surface area contributed by atoms with Crippen LogP contribution in [0.1, 0.15) is 55.7 Å². The molecule has 0 fully saturated rings. The maximum Gasteiger partial charge on any atom is 0.137 e. The lowest BCUT2D eigenvalue weighted by atomic mass is 9.85. The van der Waals surface area contributed by atoms with Gasteiger partial charge in [-0.15, -0.1) is 0 Å². The van der Waals surface area contributed by atoms with E-state index in [1.54, 1.807) is 0 Å². The summed E-state index contributed by atoms with van der Waals surface area (Å²) in [5, 5.41) is 9.29. The van der Waals surface area contributed by atoms with Gasteiger partial charge in [-0.1, -0.05) is 56.8 Å². The van der Waals surface area contributed by atoms with Crippen molar-refractivity contribution in [2.75, 3.05) is 6.61 Å². The van der Waals surface area contributed by atoms with Gasteiger partial charge in [-0.3, -0.25) is 0 Å². The average Bonchev–Trinajstić information content (AvgIpc) is 2.65. The summed E-state index contributed by atoms with van der Waals surface area (Å²) in [6.07, 6.45) is 5.05. The van der Waals surface area contributed by atoms with Crippen LogP contribution >= 0.6 is 0 Å². The van der Waals surface area contributed by atoms with E-state index in [1.807, 2.05) is 36.4 Å². The van der Waals surface area contributed by atoms with Crippen molar-refractivity contribution in [1.29, 1.82) is 0 Å². The summed E-state index contributed by atoms with van der Waals surface area (Å²) in [6.45, 7) is 10.7. The van der Waals surface area contributed by atoms with E-state index in [-0.39, 0.29) is 6.61 Å². The molecule has 2 nitrogen and oxygen atoms in total. The monoisotopic (exact) mass is 338 g/mol. The lowest BCUT2D eigenvalue weighted by Gasteiger charge is -2.22. The van der Waals surface area contributed by atoms with E-state index in [1.165, 1.54) is 11.1 Å². The number of para-hydroxylation sites is 1. The maximum atomic E-state index is 9.29. The zero-order valence-corrected chi connectivity index (χ0v) is 15.7. The van der Waals surface area contributed by atoms with Gasteiger partial charge in [0.05, 0.1) is 0 Å². The normalized spacial score (nSPS) is 13.3. The summed E-state index contributed by atoms with van der Waals surface area (Å²) < 4.78 is 6.20. The highest BCUT2D eigenvalue weighted by atomic mass is 16.5. The summed E-state index contributed by atoms with van der Waals surface area (Å²) in [5.41, 5.74) is 3.54. The summed E-state index contributed by atoms with van der Waals surface area (Å²) in [6, 6.07) is 14.2. The Morgan fingerprint density at radius 1 is 1.12 bits per heavy atom. The van der Waals surface area contributed by atoms with Crippen LogP contribution in [0.15, 0.2) is 49.0 Å². The molecule has 0 spiro atoms. The van der Waals surface area contributed by atoms with Crippen LogP contribution in [0.3, 0.4) is 0 Å². The van der Waals surface area contributed by atoms with Crippen LogP contribution in [0.5, 0.6) is 11.5 Å². The molecule has 0 amide bonds. The van der Waals surface area contributed by atoms with Crippen molar-refractivity contribution in [3.8, 4) is 11.5 Å². The van der Waals surface area contributed by atoms with Gasteiger partial charge < -0.3 is 9.84 Å². The zero-order valence-electron chi connectivity index (χ0n) is 15.7. The highest BCUT2D eigenvalue weighted by Gasteiger charge is 2.18. The molecule has 0 aliphatic heterocycles. The number of aliphatic hydroxyl groups excluding tert-OH is 1. The first-order valence-electron chi connectivity index (χ1n) is 9.20. The Kier molecular flexibility index (Phi) is 7.27. The van der Waals surface area contributed by atoms with Gasteiger partial charge in [-0.25, -0.2) is 0 Å². The largest absolute Gasteiger partial charge is 0.456 e.